The van der Waals surface area contributed by atoms with E-state index in [1.807, 2.05) is 5.57 Å². The smallest absolute Gasteiger partial charge is 0.0318 e. The highest BCUT2D eigenvalue weighted by molar-refractivity contribution is 5.12. The topological polar surface area (TPSA) is 70.0 Å². The quantitative estimate of drug-likeness (QED) is 0.0473. The minimum Gasteiger partial charge on any atom is -0.344 e. The predicted octanol–water partition coefficient (Wildman–Crippen LogP) is 22.6. The van der Waals surface area contributed by atoms with Crippen molar-refractivity contribution in [2.24, 2.45) is 0 Å². The van der Waals surface area contributed by atoms with E-state index in [1.165, 1.54) is 327 Å². The maximum atomic E-state index is 2.53. The van der Waals surface area contributed by atoms with Crippen molar-refractivity contribution in [3.05, 3.63) is 11.1 Å². The van der Waals surface area contributed by atoms with Gasteiger partial charge in [0.15, 0.2) is 0 Å². The Bertz CT molecular complexity index is 705. The SMILES string of the molecule is CCCCCCCCCCCCCCCCCCC(C)=C(CCCCCCCCCCCCCCCCCC)CCCCCCCCCCCCCCCCCC.N.N. The molecule has 0 aromatic carbocycles. The number of hydrogen-bond donors (Lipinski definition) is 2. The molecule has 0 aliphatic rings. The molecule has 0 spiro atoms. The molecule has 0 saturated carbocycles. The highest BCUT2D eigenvalue weighted by Gasteiger charge is 2.06. The van der Waals surface area contributed by atoms with Gasteiger partial charge in [0.2, 0.25) is 0 Å². The van der Waals surface area contributed by atoms with Crippen LogP contribution in [0.5, 0.6) is 0 Å². The summed E-state index contributed by atoms with van der Waals surface area (Å²) in [6, 6.07) is 0. The van der Waals surface area contributed by atoms with Crippen LogP contribution < -0.4 is 12.3 Å². The average molecular weight is 834 g/mol. The Kier molecular flexibility index (Phi) is 61.5. The van der Waals surface area contributed by atoms with Crippen LogP contribution in [0.2, 0.25) is 0 Å². The third kappa shape index (κ3) is 53.7. The van der Waals surface area contributed by atoms with Crippen molar-refractivity contribution < 1.29 is 0 Å². The Morgan fingerprint density at radius 2 is 0.322 bits per heavy atom. The van der Waals surface area contributed by atoms with Gasteiger partial charge < -0.3 is 12.3 Å². The zero-order chi connectivity index (χ0) is 41.2. The van der Waals surface area contributed by atoms with Gasteiger partial charge in [-0.15, -0.1) is 0 Å². The second-order valence-corrected chi connectivity index (χ2v) is 19.5. The zero-order valence-electron chi connectivity index (χ0n) is 42.5. The second-order valence-electron chi connectivity index (χ2n) is 19.5. The highest BCUT2D eigenvalue weighted by Crippen LogP contribution is 2.26. The minimum atomic E-state index is 0. The normalized spacial score (nSPS) is 11.2. The molecule has 2 nitrogen and oxygen atoms in total. The Labute approximate surface area is 377 Å². The van der Waals surface area contributed by atoms with E-state index in [-0.39, 0.29) is 12.3 Å². The van der Waals surface area contributed by atoms with Crippen LogP contribution in [0.25, 0.3) is 0 Å². The van der Waals surface area contributed by atoms with Gasteiger partial charge in [-0.25, -0.2) is 0 Å². The van der Waals surface area contributed by atoms with Gasteiger partial charge in [-0.2, -0.15) is 0 Å². The Hall–Kier alpha value is -0.340. The largest absolute Gasteiger partial charge is 0.344 e. The monoisotopic (exact) mass is 833 g/mol. The Morgan fingerprint density at radius 3 is 0.492 bits per heavy atom. The first kappa shape index (κ1) is 63.0. The fraction of sp³-hybridized carbons (Fsp3) is 0.965. The van der Waals surface area contributed by atoms with Crippen molar-refractivity contribution >= 4 is 0 Å². The molecule has 0 atom stereocenters. The molecule has 0 aromatic heterocycles. The molecule has 0 fully saturated rings. The van der Waals surface area contributed by atoms with Crippen LogP contribution in [-0.2, 0) is 0 Å². The fourth-order valence-electron chi connectivity index (χ4n) is 9.44. The van der Waals surface area contributed by atoms with E-state index in [4.69, 9.17) is 0 Å². The Balaban J connectivity index is -0.0000157. The molecule has 59 heavy (non-hydrogen) atoms. The molecule has 0 bridgehead atoms. The standard InChI is InChI=1S/C57H114.2H3N/c1-5-8-11-14-17-20-23-26-29-32-35-38-41-44-47-50-53-56(4)57(54-51-48-45-42-39-36-33-30-27-24-21-18-15-12-9-6-2)55-52-49-46-43-40-37-34-31-28-25-22-19-16-13-10-7-3;;/h5-55H2,1-4H3;2*1H3. The van der Waals surface area contributed by atoms with Crippen molar-refractivity contribution in [2.45, 2.75) is 355 Å². The van der Waals surface area contributed by atoms with Crippen LogP contribution in [0.1, 0.15) is 355 Å². The Morgan fingerprint density at radius 1 is 0.186 bits per heavy atom. The van der Waals surface area contributed by atoms with Gasteiger partial charge in [-0.1, -0.05) is 321 Å². The highest BCUT2D eigenvalue weighted by atomic mass is 14.1. The van der Waals surface area contributed by atoms with E-state index < -0.39 is 0 Å². The number of unbranched alkanes of at least 4 members (excludes halogenated alkanes) is 45. The molecule has 0 saturated heterocycles. The molecule has 0 rings (SSSR count). The molecule has 358 valence electrons. The summed E-state index contributed by atoms with van der Waals surface area (Å²) in [6.07, 6.45) is 74.7. The molecule has 0 unspecified atom stereocenters. The third-order valence-corrected chi connectivity index (χ3v) is 13.7. The molecule has 0 aromatic rings. The van der Waals surface area contributed by atoms with Crippen molar-refractivity contribution in [1.82, 2.24) is 12.3 Å². The maximum absolute atomic E-state index is 2.53. The van der Waals surface area contributed by atoms with Crippen LogP contribution in [0, 0.1) is 0 Å². The zero-order valence-corrected chi connectivity index (χ0v) is 42.5. The maximum Gasteiger partial charge on any atom is -0.0318 e. The van der Waals surface area contributed by atoms with E-state index in [0.29, 0.717) is 0 Å². The fourth-order valence-corrected chi connectivity index (χ4v) is 9.44. The van der Waals surface area contributed by atoms with Crippen LogP contribution in [-0.4, -0.2) is 0 Å². The summed E-state index contributed by atoms with van der Waals surface area (Å²) in [5.41, 5.74) is 3.67. The van der Waals surface area contributed by atoms with Crippen LogP contribution in [0.15, 0.2) is 11.1 Å². The summed E-state index contributed by atoms with van der Waals surface area (Å²) >= 11 is 0. The van der Waals surface area contributed by atoms with Crippen molar-refractivity contribution in [1.29, 1.82) is 0 Å². The van der Waals surface area contributed by atoms with Crippen LogP contribution in [0.4, 0.5) is 0 Å². The first-order chi connectivity index (χ1) is 28.3. The number of allylic oxidation sites excluding steroid dienone is 2. The summed E-state index contributed by atoms with van der Waals surface area (Å²) in [5.74, 6) is 0. The second kappa shape index (κ2) is 57.7. The molecular weight excluding hydrogens is 713 g/mol. The van der Waals surface area contributed by atoms with E-state index in [2.05, 4.69) is 27.7 Å². The lowest BCUT2D eigenvalue weighted by Crippen LogP contribution is -1.94. The van der Waals surface area contributed by atoms with Gasteiger partial charge in [-0.3, -0.25) is 0 Å². The first-order valence-corrected chi connectivity index (χ1v) is 27.9. The lowest BCUT2D eigenvalue weighted by Gasteiger charge is -2.14. The van der Waals surface area contributed by atoms with Gasteiger partial charge in [-0.05, 0) is 45.4 Å². The van der Waals surface area contributed by atoms with Crippen molar-refractivity contribution in [2.75, 3.05) is 0 Å². The molecule has 0 heterocycles. The number of rotatable bonds is 51. The van der Waals surface area contributed by atoms with Crippen molar-refractivity contribution in [3.8, 4) is 0 Å². The van der Waals surface area contributed by atoms with Crippen LogP contribution >= 0.6 is 0 Å². The summed E-state index contributed by atoms with van der Waals surface area (Å²) in [4.78, 5) is 0. The molecule has 0 aliphatic heterocycles. The lowest BCUT2D eigenvalue weighted by atomic mass is 9.93. The van der Waals surface area contributed by atoms with E-state index in [1.54, 1.807) is 5.57 Å². The van der Waals surface area contributed by atoms with Gasteiger partial charge in [0.25, 0.3) is 0 Å². The van der Waals surface area contributed by atoms with E-state index in [0.717, 1.165) is 0 Å². The summed E-state index contributed by atoms with van der Waals surface area (Å²) in [6.45, 7) is 9.49. The summed E-state index contributed by atoms with van der Waals surface area (Å²) < 4.78 is 0. The number of hydrogen-bond acceptors (Lipinski definition) is 2. The average Bonchev–Trinajstić information content (AvgIpc) is 3.22. The van der Waals surface area contributed by atoms with Gasteiger partial charge in [0, 0.05) is 0 Å². The van der Waals surface area contributed by atoms with E-state index in [9.17, 15) is 0 Å². The lowest BCUT2D eigenvalue weighted by molar-refractivity contribution is 0.524. The molecule has 0 amide bonds. The molecule has 2 heteroatoms. The van der Waals surface area contributed by atoms with Gasteiger partial charge >= 0.3 is 0 Å². The molecule has 0 aliphatic carbocycles. The molecule has 0 radical (unpaired) electrons. The summed E-state index contributed by atoms with van der Waals surface area (Å²) in [7, 11) is 0. The molecular formula is C57H120N2. The van der Waals surface area contributed by atoms with Gasteiger partial charge in [0.05, 0.1) is 0 Å². The predicted molar refractivity (Wildman–Crippen MR) is 275 cm³/mol. The third-order valence-electron chi connectivity index (χ3n) is 13.7. The minimum absolute atomic E-state index is 0. The first-order valence-electron chi connectivity index (χ1n) is 27.9. The van der Waals surface area contributed by atoms with Crippen LogP contribution in [0.3, 0.4) is 0 Å². The van der Waals surface area contributed by atoms with Gasteiger partial charge in [0.1, 0.15) is 0 Å². The van der Waals surface area contributed by atoms with Crippen molar-refractivity contribution in [3.63, 3.8) is 0 Å². The summed E-state index contributed by atoms with van der Waals surface area (Å²) in [5, 5.41) is 0. The molecule has 6 N–H and O–H groups in total. The van der Waals surface area contributed by atoms with E-state index >= 15 is 0 Å².